The molecule has 0 atom stereocenters. The van der Waals surface area contributed by atoms with Gasteiger partial charge in [-0.3, -0.25) is 14.9 Å². The van der Waals surface area contributed by atoms with Crippen molar-refractivity contribution in [2.45, 2.75) is 26.3 Å². The minimum Gasteiger partial charge on any atom is -0.495 e. The monoisotopic (exact) mass is 505 g/mol. The fraction of sp³-hybridized carbons (Fsp3) is 0.409. The smallest absolute Gasteiger partial charge is 0.326 e. The number of benzene rings is 1. The van der Waals surface area contributed by atoms with E-state index < -0.39 is 4.92 Å². The predicted molar refractivity (Wildman–Crippen MR) is 131 cm³/mol. The van der Waals surface area contributed by atoms with Crippen LogP contribution in [0, 0.1) is 16.0 Å². The SMILES string of the molecule is CCOC(=O)C1CCN(c2nc(NCc3ccc(OC)c(Cl)c3)c3cc([N+](=O)[O-])sc3n2)CC1. The molecule has 0 amide bonds. The summed E-state index contributed by atoms with van der Waals surface area (Å²) in [5.41, 5.74) is 0.902. The standard InChI is InChI=1S/C22H24ClN5O5S/c1-3-33-21(29)14-6-8-27(9-7-14)22-25-19(15-11-18(28(30)31)34-20(15)26-22)24-12-13-4-5-17(32-2)16(23)10-13/h4-5,10-11,14H,3,6-9,12H2,1-2H3,(H,24,25,26). The molecule has 1 aromatic carbocycles. The van der Waals surface area contributed by atoms with Crippen molar-refractivity contribution in [1.82, 2.24) is 9.97 Å². The van der Waals surface area contributed by atoms with E-state index in [0.29, 0.717) is 71.8 Å². The van der Waals surface area contributed by atoms with E-state index in [9.17, 15) is 14.9 Å². The summed E-state index contributed by atoms with van der Waals surface area (Å²) in [6, 6.07) is 6.94. The van der Waals surface area contributed by atoms with Crippen LogP contribution in [-0.2, 0) is 16.1 Å². The molecular formula is C22H24ClN5O5S. The van der Waals surface area contributed by atoms with E-state index >= 15 is 0 Å². The summed E-state index contributed by atoms with van der Waals surface area (Å²) in [7, 11) is 1.55. The Morgan fingerprint density at radius 3 is 2.74 bits per heavy atom. The van der Waals surface area contributed by atoms with Gasteiger partial charge in [0.05, 0.1) is 35.0 Å². The highest BCUT2D eigenvalue weighted by atomic mass is 35.5. The van der Waals surface area contributed by atoms with E-state index in [4.69, 9.17) is 21.1 Å². The Morgan fingerprint density at radius 1 is 1.32 bits per heavy atom. The molecule has 0 aliphatic carbocycles. The predicted octanol–water partition coefficient (Wildman–Crippen LogP) is 4.65. The highest BCUT2D eigenvalue weighted by Crippen LogP contribution is 2.36. The molecule has 0 unspecified atom stereocenters. The molecule has 1 aliphatic rings. The third kappa shape index (κ3) is 5.15. The second-order valence-electron chi connectivity index (χ2n) is 7.77. The molecule has 1 N–H and O–H groups in total. The summed E-state index contributed by atoms with van der Waals surface area (Å²) >= 11 is 7.24. The van der Waals surface area contributed by atoms with Crippen LogP contribution in [0.25, 0.3) is 10.2 Å². The zero-order valence-corrected chi connectivity index (χ0v) is 20.3. The Labute approximate surface area is 205 Å². The van der Waals surface area contributed by atoms with Gasteiger partial charge in [0.2, 0.25) is 5.95 Å². The van der Waals surface area contributed by atoms with Gasteiger partial charge in [0.25, 0.3) is 0 Å². The van der Waals surface area contributed by atoms with Gasteiger partial charge in [-0.2, -0.15) is 4.98 Å². The fourth-order valence-electron chi connectivity index (χ4n) is 3.84. The number of hydrogen-bond donors (Lipinski definition) is 1. The first-order valence-corrected chi connectivity index (χ1v) is 12.0. The van der Waals surface area contributed by atoms with Crippen LogP contribution in [0.3, 0.4) is 0 Å². The topological polar surface area (TPSA) is 120 Å². The largest absolute Gasteiger partial charge is 0.495 e. The van der Waals surface area contributed by atoms with Crippen molar-refractivity contribution in [3.63, 3.8) is 0 Å². The second kappa shape index (κ2) is 10.4. The molecule has 0 radical (unpaired) electrons. The van der Waals surface area contributed by atoms with Gasteiger partial charge in [0, 0.05) is 25.7 Å². The third-order valence-corrected chi connectivity index (χ3v) is 6.90. The minimum absolute atomic E-state index is 0.00184. The van der Waals surface area contributed by atoms with Gasteiger partial charge in [-0.1, -0.05) is 17.7 Å². The summed E-state index contributed by atoms with van der Waals surface area (Å²) in [5.74, 6) is 1.25. The number of fused-ring (bicyclic) bond motifs is 1. The quantitative estimate of drug-likeness (QED) is 0.265. The van der Waals surface area contributed by atoms with Gasteiger partial charge < -0.3 is 19.7 Å². The van der Waals surface area contributed by atoms with Crippen molar-refractivity contribution in [1.29, 1.82) is 0 Å². The van der Waals surface area contributed by atoms with E-state index in [0.717, 1.165) is 16.9 Å². The van der Waals surface area contributed by atoms with Gasteiger partial charge in [-0.15, -0.1) is 0 Å². The molecule has 1 saturated heterocycles. The number of nitrogens with one attached hydrogen (secondary N) is 1. The average molecular weight is 506 g/mol. The number of rotatable bonds is 8. The molecule has 0 spiro atoms. The Balaban J connectivity index is 1.58. The van der Waals surface area contributed by atoms with Crippen molar-refractivity contribution in [3.8, 4) is 5.75 Å². The van der Waals surface area contributed by atoms with E-state index in [2.05, 4.69) is 15.3 Å². The van der Waals surface area contributed by atoms with Crippen LogP contribution in [-0.4, -0.2) is 47.7 Å². The maximum Gasteiger partial charge on any atom is 0.326 e. The van der Waals surface area contributed by atoms with Crippen molar-refractivity contribution < 1.29 is 19.2 Å². The number of carbonyl (C=O) groups excluding carboxylic acids is 1. The average Bonchev–Trinajstić information content (AvgIpc) is 3.28. The number of carbonyl (C=O) groups is 1. The maximum absolute atomic E-state index is 12.1. The molecule has 12 heteroatoms. The maximum atomic E-state index is 12.1. The van der Waals surface area contributed by atoms with Gasteiger partial charge in [-0.05, 0) is 48.8 Å². The lowest BCUT2D eigenvalue weighted by molar-refractivity contribution is -0.380. The van der Waals surface area contributed by atoms with Crippen LogP contribution in [0.1, 0.15) is 25.3 Å². The minimum atomic E-state index is -0.427. The zero-order chi connectivity index (χ0) is 24.2. The van der Waals surface area contributed by atoms with Crippen molar-refractivity contribution in [3.05, 3.63) is 45.0 Å². The molecule has 3 heterocycles. The van der Waals surface area contributed by atoms with E-state index in [1.165, 1.54) is 6.07 Å². The zero-order valence-electron chi connectivity index (χ0n) is 18.7. The summed E-state index contributed by atoms with van der Waals surface area (Å²) in [4.78, 5) is 34.8. The molecular weight excluding hydrogens is 482 g/mol. The molecule has 1 fully saturated rings. The third-order valence-electron chi connectivity index (χ3n) is 5.62. The molecule has 0 saturated carbocycles. The van der Waals surface area contributed by atoms with Crippen molar-refractivity contribution in [2.75, 3.05) is 37.0 Å². The van der Waals surface area contributed by atoms with E-state index in [1.807, 2.05) is 11.0 Å². The number of esters is 1. The number of hydrogen-bond acceptors (Lipinski definition) is 10. The number of piperidine rings is 1. The number of anilines is 2. The number of thiophene rings is 1. The summed E-state index contributed by atoms with van der Waals surface area (Å²) in [6.45, 7) is 3.75. The molecule has 4 rings (SSSR count). The first-order chi connectivity index (χ1) is 16.4. The van der Waals surface area contributed by atoms with Gasteiger partial charge in [0.1, 0.15) is 16.4 Å². The number of halogens is 1. The number of aromatic nitrogens is 2. The highest BCUT2D eigenvalue weighted by Gasteiger charge is 2.28. The van der Waals surface area contributed by atoms with Crippen LogP contribution in [0.4, 0.5) is 16.8 Å². The number of nitro groups is 1. The number of nitrogens with zero attached hydrogens (tertiary/aromatic N) is 4. The molecule has 1 aliphatic heterocycles. The Kier molecular flexibility index (Phi) is 7.32. The van der Waals surface area contributed by atoms with Gasteiger partial charge >= 0.3 is 11.0 Å². The summed E-state index contributed by atoms with van der Waals surface area (Å²) < 4.78 is 10.3. The highest BCUT2D eigenvalue weighted by molar-refractivity contribution is 7.21. The van der Waals surface area contributed by atoms with Gasteiger partial charge in [0.15, 0.2) is 0 Å². The first kappa shape index (κ1) is 24.0. The van der Waals surface area contributed by atoms with Crippen molar-refractivity contribution >= 4 is 55.9 Å². The second-order valence-corrected chi connectivity index (χ2v) is 9.18. The van der Waals surface area contributed by atoms with Crippen molar-refractivity contribution in [2.24, 2.45) is 5.92 Å². The van der Waals surface area contributed by atoms with E-state index in [-0.39, 0.29) is 16.9 Å². The summed E-state index contributed by atoms with van der Waals surface area (Å²) in [5, 5.41) is 15.7. The Bertz CT molecular complexity index is 1210. The fourth-order valence-corrected chi connectivity index (χ4v) is 4.97. The molecule has 34 heavy (non-hydrogen) atoms. The lowest BCUT2D eigenvalue weighted by Crippen LogP contribution is -2.38. The van der Waals surface area contributed by atoms with Crippen LogP contribution in [0.2, 0.25) is 5.02 Å². The first-order valence-electron chi connectivity index (χ1n) is 10.8. The molecule has 10 nitrogen and oxygen atoms in total. The van der Waals surface area contributed by atoms with Crippen LogP contribution in [0.15, 0.2) is 24.3 Å². The molecule has 3 aromatic rings. The lowest BCUT2D eigenvalue weighted by atomic mass is 9.97. The summed E-state index contributed by atoms with van der Waals surface area (Å²) in [6.07, 6.45) is 1.27. The van der Waals surface area contributed by atoms with Gasteiger partial charge in [-0.25, -0.2) is 4.98 Å². The molecule has 180 valence electrons. The van der Waals surface area contributed by atoms with Crippen LogP contribution < -0.4 is 15.0 Å². The normalized spacial score (nSPS) is 14.3. The van der Waals surface area contributed by atoms with E-state index in [1.54, 1.807) is 26.2 Å². The number of methoxy groups -OCH3 is 1. The van der Waals surface area contributed by atoms with Crippen LogP contribution >= 0.6 is 22.9 Å². The lowest BCUT2D eigenvalue weighted by Gasteiger charge is -2.31. The number of ether oxygens (including phenoxy) is 2. The van der Waals surface area contributed by atoms with Crippen LogP contribution in [0.5, 0.6) is 5.75 Å². The Morgan fingerprint density at radius 2 is 2.09 bits per heavy atom. The molecule has 0 bridgehead atoms. The Hall–Kier alpha value is -3.18. The molecule has 2 aromatic heterocycles.